The number of halogens is 8. The van der Waals surface area contributed by atoms with Gasteiger partial charge in [0.05, 0.1) is 12.8 Å². The highest BCUT2D eigenvalue weighted by atomic mass is 32.2. The molecule has 0 amide bonds. The van der Waals surface area contributed by atoms with Crippen LogP contribution in [0, 0.1) is 11.6 Å². The lowest BCUT2D eigenvalue weighted by atomic mass is 10.1. The molecule has 2 nitrogen and oxygen atoms in total. The Labute approximate surface area is 148 Å². The summed E-state index contributed by atoms with van der Waals surface area (Å²) in [7, 11) is -5.04. The van der Waals surface area contributed by atoms with Crippen molar-refractivity contribution < 1.29 is 43.5 Å². The lowest BCUT2D eigenvalue weighted by Crippen LogP contribution is -2.16. The second-order valence-corrected chi connectivity index (χ2v) is 7.43. The van der Waals surface area contributed by atoms with Gasteiger partial charge in [0.25, 0.3) is 0 Å². The molecule has 2 aromatic rings. The first kappa shape index (κ1) is 21.1. The molecule has 27 heavy (non-hydrogen) atoms. The van der Waals surface area contributed by atoms with Gasteiger partial charge in [-0.3, -0.25) is 0 Å². The van der Waals surface area contributed by atoms with Gasteiger partial charge in [-0.25, -0.2) is 17.2 Å². The lowest BCUT2D eigenvalue weighted by molar-refractivity contribution is -0.128. The average molecular weight is 418 g/mol. The lowest BCUT2D eigenvalue weighted by Gasteiger charge is -2.13. The molecule has 0 aliphatic carbocycles. The zero-order valence-electron chi connectivity index (χ0n) is 13.1. The van der Waals surface area contributed by atoms with Crippen LogP contribution in [0.15, 0.2) is 46.2 Å². The monoisotopic (exact) mass is 418 g/mol. The van der Waals surface area contributed by atoms with Crippen molar-refractivity contribution in [1.82, 2.24) is 0 Å². The third kappa shape index (κ3) is 4.96. The summed E-state index contributed by atoms with van der Waals surface area (Å²) in [6, 6.07) is 4.29. The predicted octanol–water partition coefficient (Wildman–Crippen LogP) is 5.01. The second-order valence-electron chi connectivity index (χ2n) is 5.55. The molecular formula is C16H10F8O2S. The van der Waals surface area contributed by atoms with E-state index in [1.807, 2.05) is 0 Å². The summed E-state index contributed by atoms with van der Waals surface area (Å²) in [5.41, 5.74) is -1.98. The van der Waals surface area contributed by atoms with Crippen LogP contribution in [-0.2, 0) is 22.7 Å². The minimum Gasteiger partial charge on any atom is -0.218 e. The van der Waals surface area contributed by atoms with Crippen molar-refractivity contribution in [3.05, 3.63) is 59.2 Å². The van der Waals surface area contributed by atoms with E-state index in [1.165, 1.54) is 0 Å². The molecule has 2 aromatic carbocycles. The minimum absolute atomic E-state index is 0.612. The number of hydrogen-bond donors (Lipinski definition) is 0. The summed E-state index contributed by atoms with van der Waals surface area (Å²) in [4.78, 5) is -2.51. The summed E-state index contributed by atoms with van der Waals surface area (Å²) in [6.45, 7) is 0. The fourth-order valence-electron chi connectivity index (χ4n) is 2.35. The van der Waals surface area contributed by atoms with E-state index in [1.54, 1.807) is 0 Å². The first-order valence-corrected chi connectivity index (χ1v) is 8.64. The Bertz CT molecular complexity index is 874. The van der Waals surface area contributed by atoms with Gasteiger partial charge < -0.3 is 0 Å². The molecule has 0 fully saturated rings. The molecule has 0 bridgehead atoms. The predicted molar refractivity (Wildman–Crippen MR) is 77.8 cm³/mol. The molecule has 0 unspecified atom stereocenters. The van der Waals surface area contributed by atoms with E-state index in [4.69, 9.17) is 0 Å². The standard InChI is InChI=1S/C16H10F8O2S/c17-13-9(7-15(19,20)21)3-1-5-11(13)27(25,26)12-6-2-4-10(14(12)18)8-16(22,23)24/h1-6H,7-8H2. The summed E-state index contributed by atoms with van der Waals surface area (Å²) in [5, 5.41) is 0. The zero-order valence-corrected chi connectivity index (χ0v) is 13.9. The first-order valence-electron chi connectivity index (χ1n) is 7.16. The van der Waals surface area contributed by atoms with E-state index >= 15 is 0 Å². The maximum absolute atomic E-state index is 14.3. The van der Waals surface area contributed by atoms with Crippen molar-refractivity contribution in [2.75, 3.05) is 0 Å². The Hall–Kier alpha value is -2.17. The van der Waals surface area contributed by atoms with Gasteiger partial charge in [-0.1, -0.05) is 24.3 Å². The Morgan fingerprint density at radius 1 is 0.667 bits per heavy atom. The van der Waals surface area contributed by atoms with Crippen molar-refractivity contribution >= 4 is 9.84 Å². The summed E-state index contributed by atoms with van der Waals surface area (Å²) in [6.07, 6.45) is -13.2. The topological polar surface area (TPSA) is 34.1 Å². The molecule has 0 N–H and O–H groups in total. The van der Waals surface area contributed by atoms with Gasteiger partial charge in [0, 0.05) is 0 Å². The smallest absolute Gasteiger partial charge is 0.218 e. The molecule has 11 heteroatoms. The second kappa shape index (κ2) is 7.10. The minimum atomic E-state index is -5.04. The molecule has 0 saturated heterocycles. The maximum Gasteiger partial charge on any atom is 0.393 e. The molecule has 148 valence electrons. The fourth-order valence-corrected chi connectivity index (χ4v) is 3.84. The van der Waals surface area contributed by atoms with Gasteiger partial charge in [-0.05, 0) is 23.3 Å². The molecule has 0 saturated carbocycles. The Morgan fingerprint density at radius 3 is 1.30 bits per heavy atom. The summed E-state index contributed by atoms with van der Waals surface area (Å²) in [5.74, 6) is -3.48. The van der Waals surface area contributed by atoms with Crippen molar-refractivity contribution in [3.63, 3.8) is 0 Å². The Kier molecular flexibility index (Phi) is 5.56. The van der Waals surface area contributed by atoms with E-state index in [-0.39, 0.29) is 0 Å². The van der Waals surface area contributed by atoms with Gasteiger partial charge >= 0.3 is 12.4 Å². The maximum atomic E-state index is 14.3. The quantitative estimate of drug-likeness (QED) is 0.655. The largest absolute Gasteiger partial charge is 0.393 e. The number of alkyl halides is 6. The van der Waals surface area contributed by atoms with E-state index in [0.29, 0.717) is 24.3 Å². The molecule has 2 rings (SSSR count). The molecule has 0 aromatic heterocycles. The number of benzene rings is 2. The number of hydrogen-bond acceptors (Lipinski definition) is 2. The summed E-state index contributed by atoms with van der Waals surface area (Å²) >= 11 is 0. The molecule has 0 aliphatic rings. The molecular weight excluding hydrogens is 408 g/mol. The highest BCUT2D eigenvalue weighted by Crippen LogP contribution is 2.32. The van der Waals surface area contributed by atoms with Crippen LogP contribution in [0.3, 0.4) is 0 Å². The van der Waals surface area contributed by atoms with Crippen LogP contribution in [0.1, 0.15) is 11.1 Å². The van der Waals surface area contributed by atoms with Gasteiger partial charge in [0.15, 0.2) is 0 Å². The first-order chi connectivity index (χ1) is 12.2. The van der Waals surface area contributed by atoms with Crippen LogP contribution in [0.25, 0.3) is 0 Å². The van der Waals surface area contributed by atoms with Gasteiger partial charge in [-0.2, -0.15) is 26.3 Å². The van der Waals surface area contributed by atoms with Gasteiger partial charge in [0.2, 0.25) is 9.84 Å². The van der Waals surface area contributed by atoms with Crippen LogP contribution in [0.5, 0.6) is 0 Å². The Balaban J connectivity index is 2.58. The number of sulfone groups is 1. The van der Waals surface area contributed by atoms with E-state index in [0.717, 1.165) is 12.1 Å². The summed E-state index contributed by atoms with van der Waals surface area (Å²) < 4.78 is 128. The van der Waals surface area contributed by atoms with Gasteiger partial charge in [0.1, 0.15) is 21.4 Å². The molecule has 0 radical (unpaired) electrons. The van der Waals surface area contributed by atoms with Crippen LogP contribution in [0.4, 0.5) is 35.1 Å². The highest BCUT2D eigenvalue weighted by molar-refractivity contribution is 7.91. The van der Waals surface area contributed by atoms with Crippen molar-refractivity contribution in [2.45, 2.75) is 35.0 Å². The van der Waals surface area contributed by atoms with Crippen LogP contribution in [-0.4, -0.2) is 20.8 Å². The molecule has 0 atom stereocenters. The molecule has 0 heterocycles. The fraction of sp³-hybridized carbons (Fsp3) is 0.250. The average Bonchev–Trinajstić information content (AvgIpc) is 2.48. The highest BCUT2D eigenvalue weighted by Gasteiger charge is 2.34. The van der Waals surface area contributed by atoms with Crippen molar-refractivity contribution in [1.29, 1.82) is 0 Å². The third-order valence-electron chi connectivity index (χ3n) is 3.45. The SMILES string of the molecule is O=S(=O)(c1cccc(CC(F)(F)F)c1F)c1cccc(CC(F)(F)F)c1F. The van der Waals surface area contributed by atoms with Crippen molar-refractivity contribution in [2.24, 2.45) is 0 Å². The van der Waals surface area contributed by atoms with Crippen LogP contribution < -0.4 is 0 Å². The van der Waals surface area contributed by atoms with Crippen LogP contribution in [0.2, 0.25) is 0 Å². The van der Waals surface area contributed by atoms with Crippen molar-refractivity contribution in [3.8, 4) is 0 Å². The van der Waals surface area contributed by atoms with Crippen LogP contribution >= 0.6 is 0 Å². The third-order valence-corrected chi connectivity index (χ3v) is 5.24. The zero-order chi connectivity index (χ0) is 20.6. The molecule has 0 spiro atoms. The molecule has 0 aliphatic heterocycles. The Morgan fingerprint density at radius 2 is 1.00 bits per heavy atom. The van der Waals surface area contributed by atoms with Gasteiger partial charge in [-0.15, -0.1) is 0 Å². The normalized spacial score (nSPS) is 13.0. The van der Waals surface area contributed by atoms with E-state index < -0.39 is 67.6 Å². The van der Waals surface area contributed by atoms with E-state index in [9.17, 15) is 43.5 Å². The van der Waals surface area contributed by atoms with E-state index in [2.05, 4.69) is 0 Å². The number of rotatable bonds is 4.